The molecule has 3 nitrogen and oxygen atoms in total. The maximum Gasteiger partial charge on any atom is 0.160 e. The van der Waals surface area contributed by atoms with Crippen molar-refractivity contribution < 1.29 is 9.47 Å². The van der Waals surface area contributed by atoms with E-state index in [1.54, 1.807) is 14.2 Å². The van der Waals surface area contributed by atoms with E-state index >= 15 is 0 Å². The van der Waals surface area contributed by atoms with Gasteiger partial charge in [0.15, 0.2) is 11.5 Å². The monoisotopic (exact) mass is 291 g/mol. The molecule has 0 aliphatic heterocycles. The molecule has 1 N–H and O–H groups in total. The van der Waals surface area contributed by atoms with Crippen LogP contribution in [0.1, 0.15) is 38.7 Å². The first-order chi connectivity index (χ1) is 10.1. The van der Waals surface area contributed by atoms with E-state index in [1.807, 2.05) is 6.07 Å². The zero-order chi connectivity index (χ0) is 15.7. The maximum absolute atomic E-state index is 5.38. The maximum atomic E-state index is 5.38. The van der Waals surface area contributed by atoms with Gasteiger partial charge in [-0.2, -0.15) is 0 Å². The highest BCUT2D eigenvalue weighted by atomic mass is 16.5. The lowest BCUT2D eigenvalue weighted by molar-refractivity contribution is 0.354. The number of benzene rings is 1. The summed E-state index contributed by atoms with van der Waals surface area (Å²) in [6.45, 7) is 9.53. The molecule has 0 aliphatic rings. The molecule has 0 saturated carbocycles. The summed E-state index contributed by atoms with van der Waals surface area (Å²) in [5.74, 6) is 1.57. The Morgan fingerprint density at radius 3 is 2.48 bits per heavy atom. The number of methoxy groups -OCH3 is 2. The summed E-state index contributed by atoms with van der Waals surface area (Å²) in [5.41, 5.74) is 2.55. The van der Waals surface area contributed by atoms with Crippen molar-refractivity contribution in [3.63, 3.8) is 0 Å². The Bertz CT molecular complexity index is 443. The van der Waals surface area contributed by atoms with Crippen molar-refractivity contribution in [3.8, 4) is 11.5 Å². The topological polar surface area (TPSA) is 30.5 Å². The van der Waals surface area contributed by atoms with Crippen LogP contribution >= 0.6 is 0 Å². The van der Waals surface area contributed by atoms with Crippen LogP contribution in [0.4, 0.5) is 0 Å². The molecule has 0 aliphatic carbocycles. The molecular formula is C18H29NO2. The highest BCUT2D eigenvalue weighted by molar-refractivity contribution is 5.43. The van der Waals surface area contributed by atoms with E-state index < -0.39 is 0 Å². The lowest BCUT2D eigenvalue weighted by Gasteiger charge is -2.20. The minimum Gasteiger partial charge on any atom is -0.493 e. The highest BCUT2D eigenvalue weighted by Gasteiger charge is 2.12. The van der Waals surface area contributed by atoms with Crippen LogP contribution < -0.4 is 14.8 Å². The SMILES string of the molecule is C=C(CC)CC(Cc1ccc(OC)c(OC)c1)NCCC. The molecule has 21 heavy (non-hydrogen) atoms. The minimum atomic E-state index is 0.426. The van der Waals surface area contributed by atoms with E-state index in [9.17, 15) is 0 Å². The second kappa shape index (κ2) is 9.46. The molecule has 1 rings (SSSR count). The molecule has 1 atom stereocenters. The fourth-order valence-electron chi connectivity index (χ4n) is 2.35. The largest absolute Gasteiger partial charge is 0.493 e. The van der Waals surface area contributed by atoms with E-state index in [1.165, 1.54) is 11.1 Å². The van der Waals surface area contributed by atoms with Crippen molar-refractivity contribution in [1.82, 2.24) is 5.32 Å². The molecule has 1 aromatic carbocycles. The van der Waals surface area contributed by atoms with Crippen molar-refractivity contribution in [1.29, 1.82) is 0 Å². The molecular weight excluding hydrogens is 262 g/mol. The summed E-state index contributed by atoms with van der Waals surface area (Å²) < 4.78 is 10.7. The smallest absolute Gasteiger partial charge is 0.160 e. The van der Waals surface area contributed by atoms with Crippen LogP contribution in [0.3, 0.4) is 0 Å². The summed E-state index contributed by atoms with van der Waals surface area (Å²) in [4.78, 5) is 0. The fraction of sp³-hybridized carbons (Fsp3) is 0.556. The Morgan fingerprint density at radius 2 is 1.90 bits per heavy atom. The van der Waals surface area contributed by atoms with Crippen molar-refractivity contribution in [2.24, 2.45) is 0 Å². The van der Waals surface area contributed by atoms with Gasteiger partial charge in [0.1, 0.15) is 0 Å². The zero-order valence-corrected chi connectivity index (χ0v) is 13.9. The summed E-state index contributed by atoms with van der Waals surface area (Å²) in [6, 6.07) is 6.57. The van der Waals surface area contributed by atoms with Crippen molar-refractivity contribution >= 4 is 0 Å². The van der Waals surface area contributed by atoms with Gasteiger partial charge in [-0.3, -0.25) is 0 Å². The van der Waals surface area contributed by atoms with Gasteiger partial charge in [-0.05, 0) is 49.9 Å². The molecule has 0 bridgehead atoms. The molecule has 0 amide bonds. The van der Waals surface area contributed by atoms with Gasteiger partial charge >= 0.3 is 0 Å². The van der Waals surface area contributed by atoms with Crippen LogP contribution in [-0.2, 0) is 6.42 Å². The van der Waals surface area contributed by atoms with E-state index in [0.29, 0.717) is 6.04 Å². The third-order valence-electron chi connectivity index (χ3n) is 3.65. The first-order valence-corrected chi connectivity index (χ1v) is 7.75. The Labute approximate surface area is 129 Å². The number of ether oxygens (including phenoxy) is 2. The predicted octanol–water partition coefficient (Wildman–Crippen LogP) is 3.97. The third-order valence-corrected chi connectivity index (χ3v) is 3.65. The quantitative estimate of drug-likeness (QED) is 0.662. The number of nitrogens with one attached hydrogen (secondary N) is 1. The summed E-state index contributed by atoms with van der Waals surface area (Å²) in [6.07, 6.45) is 4.17. The van der Waals surface area contributed by atoms with Gasteiger partial charge in [0.25, 0.3) is 0 Å². The van der Waals surface area contributed by atoms with Crippen LogP contribution in [0.2, 0.25) is 0 Å². The molecule has 0 saturated heterocycles. The predicted molar refractivity (Wildman–Crippen MR) is 89.4 cm³/mol. The Kier molecular flexibility index (Phi) is 7.91. The lowest BCUT2D eigenvalue weighted by atomic mass is 9.98. The molecule has 0 spiro atoms. The van der Waals surface area contributed by atoms with Crippen LogP contribution in [0, 0.1) is 0 Å². The fourth-order valence-corrected chi connectivity index (χ4v) is 2.35. The van der Waals surface area contributed by atoms with Gasteiger partial charge in [-0.25, -0.2) is 0 Å². The van der Waals surface area contributed by atoms with Gasteiger partial charge in [-0.1, -0.05) is 32.1 Å². The molecule has 0 fully saturated rings. The molecule has 0 aromatic heterocycles. The Morgan fingerprint density at radius 1 is 1.19 bits per heavy atom. The van der Waals surface area contributed by atoms with Crippen LogP contribution in [0.15, 0.2) is 30.4 Å². The van der Waals surface area contributed by atoms with Crippen molar-refractivity contribution in [2.45, 2.75) is 45.6 Å². The molecule has 1 unspecified atom stereocenters. The van der Waals surface area contributed by atoms with E-state index in [0.717, 1.165) is 43.7 Å². The van der Waals surface area contributed by atoms with Gasteiger partial charge in [0.2, 0.25) is 0 Å². The molecule has 1 aromatic rings. The van der Waals surface area contributed by atoms with E-state index in [-0.39, 0.29) is 0 Å². The first kappa shape index (κ1) is 17.6. The molecule has 3 heteroatoms. The van der Waals surface area contributed by atoms with Crippen molar-refractivity contribution in [3.05, 3.63) is 35.9 Å². The van der Waals surface area contributed by atoms with Gasteiger partial charge in [0, 0.05) is 6.04 Å². The second-order valence-corrected chi connectivity index (χ2v) is 5.35. The van der Waals surface area contributed by atoms with E-state index in [2.05, 4.69) is 37.9 Å². The second-order valence-electron chi connectivity index (χ2n) is 5.35. The van der Waals surface area contributed by atoms with Gasteiger partial charge in [-0.15, -0.1) is 0 Å². The first-order valence-electron chi connectivity index (χ1n) is 7.75. The Balaban J connectivity index is 2.79. The average Bonchev–Trinajstić information content (AvgIpc) is 2.52. The lowest BCUT2D eigenvalue weighted by Crippen LogP contribution is -2.32. The van der Waals surface area contributed by atoms with Crippen LogP contribution in [0.5, 0.6) is 11.5 Å². The van der Waals surface area contributed by atoms with Crippen LogP contribution in [0.25, 0.3) is 0 Å². The Hall–Kier alpha value is -1.48. The average molecular weight is 291 g/mol. The van der Waals surface area contributed by atoms with Gasteiger partial charge in [0.05, 0.1) is 14.2 Å². The number of hydrogen-bond donors (Lipinski definition) is 1. The molecule has 118 valence electrons. The van der Waals surface area contributed by atoms with Crippen LogP contribution in [-0.4, -0.2) is 26.8 Å². The summed E-state index contributed by atoms with van der Waals surface area (Å²) >= 11 is 0. The van der Waals surface area contributed by atoms with E-state index in [4.69, 9.17) is 9.47 Å². The number of rotatable bonds is 10. The molecule has 0 heterocycles. The molecule has 0 radical (unpaired) electrons. The van der Waals surface area contributed by atoms with Crippen molar-refractivity contribution in [2.75, 3.05) is 20.8 Å². The highest BCUT2D eigenvalue weighted by Crippen LogP contribution is 2.28. The standard InChI is InChI=1S/C18H29NO2/c1-6-10-19-16(11-14(3)7-2)12-15-8-9-17(20-4)18(13-15)21-5/h8-9,13,16,19H,3,6-7,10-12H2,1-2,4-5H3. The zero-order valence-electron chi connectivity index (χ0n) is 13.9. The number of hydrogen-bond acceptors (Lipinski definition) is 3. The summed E-state index contributed by atoms with van der Waals surface area (Å²) in [7, 11) is 3.34. The summed E-state index contributed by atoms with van der Waals surface area (Å²) in [5, 5.41) is 3.62. The van der Waals surface area contributed by atoms with Gasteiger partial charge < -0.3 is 14.8 Å². The minimum absolute atomic E-state index is 0.426. The third kappa shape index (κ3) is 5.80. The normalized spacial score (nSPS) is 12.0.